The number of anilines is 2. The topological polar surface area (TPSA) is 98.7 Å². The summed E-state index contributed by atoms with van der Waals surface area (Å²) in [6.45, 7) is 0. The lowest BCUT2D eigenvalue weighted by Gasteiger charge is -2.37. The summed E-state index contributed by atoms with van der Waals surface area (Å²) in [4.78, 5) is 39.4. The molecule has 3 aromatic rings. The van der Waals surface area contributed by atoms with Gasteiger partial charge in [0.1, 0.15) is 29.9 Å². The Morgan fingerprint density at radius 3 is 2.51 bits per heavy atom. The van der Waals surface area contributed by atoms with Crippen LogP contribution in [0.3, 0.4) is 0 Å². The lowest BCUT2D eigenvalue weighted by atomic mass is 9.91. The molecule has 0 spiro atoms. The molecule has 2 aliphatic rings. The molecule has 2 N–H and O–H groups in total. The highest BCUT2D eigenvalue weighted by molar-refractivity contribution is 6.31. The fraction of sp³-hybridized carbons (Fsp3) is 0.379. The van der Waals surface area contributed by atoms with Crippen molar-refractivity contribution in [2.45, 2.75) is 68.8 Å². The van der Waals surface area contributed by atoms with Gasteiger partial charge in [0.15, 0.2) is 0 Å². The quantitative estimate of drug-likeness (QED) is 0.403. The molecule has 2 aromatic carbocycles. The Balaban J connectivity index is 1.57. The van der Waals surface area contributed by atoms with Crippen molar-refractivity contribution in [3.63, 3.8) is 0 Å². The number of aromatic nitrogens is 2. The predicted octanol–water partition coefficient (Wildman–Crippen LogP) is 5.02. The van der Waals surface area contributed by atoms with Crippen LogP contribution in [0.25, 0.3) is 0 Å². The van der Waals surface area contributed by atoms with E-state index in [1.165, 1.54) is 46.6 Å². The van der Waals surface area contributed by atoms with Gasteiger partial charge >= 0.3 is 0 Å². The largest absolute Gasteiger partial charge is 0.374 e. The monoisotopic (exact) mass is 587 g/mol. The van der Waals surface area contributed by atoms with Gasteiger partial charge in [0, 0.05) is 47.6 Å². The van der Waals surface area contributed by atoms with Gasteiger partial charge in [0.25, 0.3) is 5.91 Å². The van der Waals surface area contributed by atoms with E-state index in [2.05, 4.69) is 15.3 Å². The van der Waals surface area contributed by atoms with Crippen LogP contribution in [-0.4, -0.2) is 51.1 Å². The first kappa shape index (κ1) is 28.8. The van der Waals surface area contributed by atoms with Gasteiger partial charge in [-0.1, -0.05) is 35.9 Å². The van der Waals surface area contributed by atoms with Crippen LogP contribution in [0.15, 0.2) is 67.1 Å². The number of hydrogen-bond donors (Lipinski definition) is 2. The molecule has 216 valence electrons. The van der Waals surface area contributed by atoms with Crippen molar-refractivity contribution >= 4 is 34.9 Å². The highest BCUT2D eigenvalue weighted by Gasteiger charge is 2.45. The van der Waals surface area contributed by atoms with Crippen molar-refractivity contribution < 1.29 is 27.9 Å². The Labute approximate surface area is 240 Å². The molecule has 3 atom stereocenters. The third-order valence-electron chi connectivity index (χ3n) is 7.55. The van der Waals surface area contributed by atoms with Crippen LogP contribution in [0.2, 0.25) is 5.02 Å². The van der Waals surface area contributed by atoms with Crippen molar-refractivity contribution in [1.29, 1.82) is 0 Å². The summed E-state index contributed by atoms with van der Waals surface area (Å²) in [5, 5.41) is 13.8. The summed E-state index contributed by atoms with van der Waals surface area (Å²) in [6.07, 6.45) is 3.11. The van der Waals surface area contributed by atoms with Crippen LogP contribution in [-0.2, 0) is 9.59 Å². The average Bonchev–Trinajstić information content (AvgIpc) is 3.34. The van der Waals surface area contributed by atoms with E-state index < -0.39 is 47.9 Å². The molecule has 5 rings (SSSR count). The number of aliphatic hydroxyl groups excluding tert-OH is 1. The fourth-order valence-electron chi connectivity index (χ4n) is 5.52. The van der Waals surface area contributed by atoms with Crippen molar-refractivity contribution in [3.05, 3.63) is 83.5 Å². The van der Waals surface area contributed by atoms with Crippen LogP contribution in [0, 0.1) is 5.82 Å². The van der Waals surface area contributed by atoms with Gasteiger partial charge < -0.3 is 15.3 Å². The second kappa shape index (κ2) is 12.0. The molecule has 1 saturated carbocycles. The van der Waals surface area contributed by atoms with E-state index in [4.69, 9.17) is 11.6 Å². The maximum atomic E-state index is 14.6. The van der Waals surface area contributed by atoms with Crippen LogP contribution in [0.4, 0.5) is 24.7 Å². The summed E-state index contributed by atoms with van der Waals surface area (Å²) in [6, 6.07) is 8.85. The first-order chi connectivity index (χ1) is 19.6. The predicted molar refractivity (Wildman–Crippen MR) is 147 cm³/mol. The van der Waals surface area contributed by atoms with Crippen molar-refractivity contribution in [1.82, 2.24) is 15.3 Å². The Morgan fingerprint density at radius 1 is 1.07 bits per heavy atom. The lowest BCUT2D eigenvalue weighted by molar-refractivity contribution is -0.128. The van der Waals surface area contributed by atoms with Crippen molar-refractivity contribution in [2.24, 2.45) is 0 Å². The fourth-order valence-corrected chi connectivity index (χ4v) is 5.76. The van der Waals surface area contributed by atoms with Gasteiger partial charge in [-0.05, 0) is 49.9 Å². The number of rotatable bonds is 7. The maximum absolute atomic E-state index is 14.6. The van der Waals surface area contributed by atoms with E-state index in [9.17, 15) is 27.9 Å². The number of nitrogens with zero attached hydrogens (tertiary/aromatic N) is 4. The van der Waals surface area contributed by atoms with Crippen LogP contribution >= 0.6 is 11.6 Å². The SMILES string of the molecule is O=C(NC1CCC(F)(F)CC1)C(c1ccccc1Cl)N(C(=O)C1CCC(O)N1c1cnccn1)c1cccc(F)c1. The summed E-state index contributed by atoms with van der Waals surface area (Å²) in [5.74, 6) is -4.41. The first-order valence-corrected chi connectivity index (χ1v) is 13.8. The molecule has 1 aliphatic carbocycles. The zero-order valence-electron chi connectivity index (χ0n) is 22.0. The zero-order valence-corrected chi connectivity index (χ0v) is 22.7. The molecule has 12 heteroatoms. The van der Waals surface area contributed by atoms with E-state index >= 15 is 0 Å². The number of hydrogen-bond acceptors (Lipinski definition) is 6. The number of amides is 2. The van der Waals surface area contributed by atoms with E-state index in [0.29, 0.717) is 0 Å². The number of alkyl halides is 2. The minimum absolute atomic E-state index is 0.0666. The second-order valence-electron chi connectivity index (χ2n) is 10.3. The number of benzene rings is 2. The Kier molecular flexibility index (Phi) is 8.46. The highest BCUT2D eigenvalue weighted by Crippen LogP contribution is 2.38. The van der Waals surface area contributed by atoms with E-state index in [-0.39, 0.29) is 60.6 Å². The Hall–Kier alpha value is -3.70. The number of aliphatic hydroxyl groups is 1. The molecule has 41 heavy (non-hydrogen) atoms. The zero-order chi connectivity index (χ0) is 29.1. The minimum atomic E-state index is -2.79. The number of nitrogens with one attached hydrogen (secondary N) is 1. The van der Waals surface area contributed by atoms with Gasteiger partial charge in [0.05, 0.1) is 6.20 Å². The lowest BCUT2D eigenvalue weighted by Crippen LogP contribution is -2.53. The summed E-state index contributed by atoms with van der Waals surface area (Å²) >= 11 is 6.56. The molecule has 8 nitrogen and oxygen atoms in total. The second-order valence-corrected chi connectivity index (χ2v) is 10.7. The van der Waals surface area contributed by atoms with Crippen molar-refractivity contribution in [3.8, 4) is 0 Å². The Morgan fingerprint density at radius 2 is 1.83 bits per heavy atom. The maximum Gasteiger partial charge on any atom is 0.250 e. The third-order valence-corrected chi connectivity index (χ3v) is 7.89. The van der Waals surface area contributed by atoms with Crippen molar-refractivity contribution in [2.75, 3.05) is 9.80 Å². The van der Waals surface area contributed by atoms with Gasteiger partial charge in [-0.3, -0.25) is 19.5 Å². The van der Waals surface area contributed by atoms with E-state index in [0.717, 1.165) is 6.07 Å². The van der Waals surface area contributed by atoms with Crippen LogP contribution < -0.4 is 15.1 Å². The molecule has 0 bridgehead atoms. The molecule has 3 unspecified atom stereocenters. The van der Waals surface area contributed by atoms with Gasteiger partial charge in [-0.2, -0.15) is 0 Å². The summed E-state index contributed by atoms with van der Waals surface area (Å²) in [5.41, 5.74) is 0.362. The number of carbonyl (C=O) groups is 2. The van der Waals surface area contributed by atoms with Gasteiger partial charge in [-0.25, -0.2) is 18.2 Å². The smallest absolute Gasteiger partial charge is 0.250 e. The minimum Gasteiger partial charge on any atom is -0.374 e. The molecular formula is C29H29ClF3N5O3. The normalized spacial score (nSPS) is 21.3. The number of carbonyl (C=O) groups excluding carboxylic acids is 2. The van der Waals surface area contributed by atoms with Crippen LogP contribution in [0.5, 0.6) is 0 Å². The van der Waals surface area contributed by atoms with E-state index in [1.54, 1.807) is 24.3 Å². The number of halogens is 4. The molecule has 1 aliphatic heterocycles. The molecule has 1 saturated heterocycles. The average molecular weight is 588 g/mol. The summed E-state index contributed by atoms with van der Waals surface area (Å²) < 4.78 is 42.2. The molecule has 0 radical (unpaired) electrons. The molecule has 1 aromatic heterocycles. The standard InChI is InChI=1S/C29H29ClF3N5O3/c30-22-7-2-1-6-21(22)26(27(40)36-19-10-12-29(32,33)13-11-19)37(20-5-3-4-18(31)16-20)28(41)23-8-9-25(39)38(23)24-17-34-14-15-35-24/h1-7,14-17,19,23,25-26,39H,8-13H2,(H,36,40). The third kappa shape index (κ3) is 6.31. The summed E-state index contributed by atoms with van der Waals surface area (Å²) in [7, 11) is 0. The molecule has 2 heterocycles. The molecule has 2 fully saturated rings. The molecular weight excluding hydrogens is 559 g/mol. The van der Waals surface area contributed by atoms with E-state index in [1.807, 2.05) is 0 Å². The Bertz CT molecular complexity index is 1390. The molecule has 2 amide bonds. The highest BCUT2D eigenvalue weighted by atomic mass is 35.5. The first-order valence-electron chi connectivity index (χ1n) is 13.4. The van der Waals surface area contributed by atoms with Gasteiger partial charge in [0.2, 0.25) is 11.8 Å². The van der Waals surface area contributed by atoms with Crippen LogP contribution in [0.1, 0.15) is 50.1 Å². The van der Waals surface area contributed by atoms with Gasteiger partial charge in [-0.15, -0.1) is 0 Å².